The number of alkyl halides is 5. The van der Waals surface area contributed by atoms with Crippen molar-refractivity contribution in [2.75, 3.05) is 19.5 Å². The summed E-state index contributed by atoms with van der Waals surface area (Å²) in [7, 11) is 2.99. The second-order valence-electron chi connectivity index (χ2n) is 7.62. The van der Waals surface area contributed by atoms with Gasteiger partial charge in [0.1, 0.15) is 0 Å². The van der Waals surface area contributed by atoms with E-state index >= 15 is 0 Å². The van der Waals surface area contributed by atoms with Gasteiger partial charge in [0.15, 0.2) is 11.5 Å². The van der Waals surface area contributed by atoms with Crippen molar-refractivity contribution in [1.82, 2.24) is 5.01 Å². The first-order valence-corrected chi connectivity index (χ1v) is 11.4. The van der Waals surface area contributed by atoms with Crippen LogP contribution in [-0.2, 0) is 11.3 Å². The van der Waals surface area contributed by atoms with E-state index in [1.807, 2.05) is 6.92 Å². The number of nitrogens with zero attached hydrogens (tertiary/aromatic N) is 2. The van der Waals surface area contributed by atoms with Crippen LogP contribution in [0, 0.1) is 0 Å². The summed E-state index contributed by atoms with van der Waals surface area (Å²) in [5, 5.41) is 6.62. The Balaban J connectivity index is 1.87. The SMILES string of the molecule is CCC1SC(=O)N(Cc2cccc(NC(=O)C(F)(F)C(F)(F)F)c2)N=C1c1ccc(OC)c(OC)c1. The molecule has 1 N–H and O–H groups in total. The van der Waals surface area contributed by atoms with E-state index in [0.29, 0.717) is 34.8 Å². The lowest BCUT2D eigenvalue weighted by Gasteiger charge is -2.28. The van der Waals surface area contributed by atoms with Crippen LogP contribution in [0.1, 0.15) is 24.5 Å². The van der Waals surface area contributed by atoms with Crippen LogP contribution in [0.2, 0.25) is 0 Å². The second kappa shape index (κ2) is 10.7. The normalized spacial score (nSPS) is 16.4. The molecule has 1 aliphatic heterocycles. The number of amides is 2. The van der Waals surface area contributed by atoms with Gasteiger partial charge in [-0.25, -0.2) is 5.01 Å². The number of hydrogen-bond donors (Lipinski definition) is 1. The molecule has 2 aromatic rings. The molecule has 0 aliphatic carbocycles. The Labute approximate surface area is 207 Å². The smallest absolute Gasteiger partial charge is 0.463 e. The van der Waals surface area contributed by atoms with Gasteiger partial charge in [-0.3, -0.25) is 9.59 Å². The minimum atomic E-state index is -6.03. The molecule has 1 unspecified atom stereocenters. The molecule has 0 fully saturated rings. The van der Waals surface area contributed by atoms with Crippen LogP contribution in [0.15, 0.2) is 47.6 Å². The summed E-state index contributed by atoms with van der Waals surface area (Å²) >= 11 is 1.05. The van der Waals surface area contributed by atoms with E-state index in [1.165, 1.54) is 32.4 Å². The van der Waals surface area contributed by atoms with Crippen molar-refractivity contribution in [3.8, 4) is 11.5 Å². The molecule has 0 aromatic heterocycles. The van der Waals surface area contributed by atoms with Crippen LogP contribution in [0.5, 0.6) is 11.5 Å². The van der Waals surface area contributed by atoms with Crippen LogP contribution in [0.4, 0.5) is 32.4 Å². The fraction of sp³-hybridized carbons (Fsp3) is 0.348. The maximum Gasteiger partial charge on any atom is 0.463 e. The molecule has 13 heteroatoms. The number of carbonyl (C=O) groups excluding carboxylic acids is 2. The molecule has 0 radical (unpaired) electrons. The van der Waals surface area contributed by atoms with Gasteiger partial charge in [-0.2, -0.15) is 27.1 Å². The van der Waals surface area contributed by atoms with Gasteiger partial charge in [0.2, 0.25) is 0 Å². The quantitative estimate of drug-likeness (QED) is 0.443. The number of ether oxygens (including phenoxy) is 2. The lowest BCUT2D eigenvalue weighted by molar-refractivity contribution is -0.267. The van der Waals surface area contributed by atoms with E-state index in [0.717, 1.165) is 22.8 Å². The molecule has 0 saturated heterocycles. The van der Waals surface area contributed by atoms with E-state index in [1.54, 1.807) is 23.5 Å². The van der Waals surface area contributed by atoms with Gasteiger partial charge in [0.25, 0.3) is 0 Å². The van der Waals surface area contributed by atoms with Gasteiger partial charge in [0, 0.05) is 11.3 Å². The van der Waals surface area contributed by atoms with Gasteiger partial charge in [0.05, 0.1) is 31.7 Å². The van der Waals surface area contributed by atoms with Crippen molar-refractivity contribution >= 4 is 34.3 Å². The number of benzene rings is 2. The number of carbonyl (C=O) groups is 2. The predicted octanol–water partition coefficient (Wildman–Crippen LogP) is 5.69. The summed E-state index contributed by atoms with van der Waals surface area (Å²) in [6, 6.07) is 10.4. The lowest BCUT2D eigenvalue weighted by atomic mass is 10.0. The maximum absolute atomic E-state index is 13.3. The summed E-state index contributed by atoms with van der Waals surface area (Å²) in [5.74, 6) is -7.08. The molecule has 1 atom stereocenters. The van der Waals surface area contributed by atoms with Crippen LogP contribution >= 0.6 is 11.8 Å². The third-order valence-electron chi connectivity index (χ3n) is 5.20. The van der Waals surface area contributed by atoms with Crippen molar-refractivity contribution in [3.63, 3.8) is 0 Å². The predicted molar refractivity (Wildman–Crippen MR) is 125 cm³/mol. The zero-order valence-corrected chi connectivity index (χ0v) is 20.2. The molecule has 2 amide bonds. The summed E-state index contributed by atoms with van der Waals surface area (Å²) in [6.07, 6.45) is -5.43. The summed E-state index contributed by atoms with van der Waals surface area (Å²) < 4.78 is 74.5. The first-order chi connectivity index (χ1) is 16.9. The number of anilines is 1. The average Bonchev–Trinajstić information content (AvgIpc) is 2.84. The van der Waals surface area contributed by atoms with Crippen molar-refractivity contribution in [2.24, 2.45) is 5.10 Å². The zero-order valence-electron chi connectivity index (χ0n) is 19.4. The molecule has 1 heterocycles. The monoisotopic (exact) mass is 531 g/mol. The Morgan fingerprint density at radius 3 is 2.39 bits per heavy atom. The van der Waals surface area contributed by atoms with Gasteiger partial charge < -0.3 is 14.8 Å². The van der Waals surface area contributed by atoms with Crippen LogP contribution < -0.4 is 14.8 Å². The Bertz CT molecular complexity index is 1170. The molecule has 0 saturated carbocycles. The number of methoxy groups -OCH3 is 2. The van der Waals surface area contributed by atoms with Gasteiger partial charge in [-0.15, -0.1) is 0 Å². The second-order valence-corrected chi connectivity index (χ2v) is 8.77. The number of halogens is 5. The standard InChI is InChI=1S/C23H22F5N3O4S/c1-4-18-19(14-8-9-16(34-2)17(11-14)35-3)30-31(21(33)36-18)12-13-6-5-7-15(10-13)29-20(32)22(24,25)23(26,27)28/h5-11,18H,4,12H2,1-3H3,(H,29,32). The third-order valence-corrected chi connectivity index (χ3v) is 6.45. The topological polar surface area (TPSA) is 80.2 Å². The molecular weight excluding hydrogens is 509 g/mol. The van der Waals surface area contributed by atoms with Crippen LogP contribution in [-0.4, -0.2) is 53.4 Å². The highest BCUT2D eigenvalue weighted by Crippen LogP contribution is 2.37. The summed E-state index contributed by atoms with van der Waals surface area (Å²) in [6.45, 7) is 1.79. The van der Waals surface area contributed by atoms with Crippen LogP contribution in [0.25, 0.3) is 0 Å². The Morgan fingerprint density at radius 1 is 1.08 bits per heavy atom. The highest BCUT2D eigenvalue weighted by atomic mass is 32.2. The molecule has 7 nitrogen and oxygen atoms in total. The highest BCUT2D eigenvalue weighted by molar-refractivity contribution is 8.14. The van der Waals surface area contributed by atoms with Gasteiger partial charge in [-0.05, 0) is 42.3 Å². The zero-order chi connectivity index (χ0) is 26.7. The van der Waals surface area contributed by atoms with E-state index < -0.39 is 18.0 Å². The number of hydrogen-bond acceptors (Lipinski definition) is 6. The van der Waals surface area contributed by atoms with Crippen LogP contribution in [0.3, 0.4) is 0 Å². The highest BCUT2D eigenvalue weighted by Gasteiger charge is 2.63. The van der Waals surface area contributed by atoms with E-state index in [-0.39, 0.29) is 22.7 Å². The third kappa shape index (κ3) is 5.72. The van der Waals surface area contributed by atoms with Gasteiger partial charge >= 0.3 is 23.2 Å². The minimum absolute atomic E-state index is 0.113. The number of hydrazone groups is 1. The fourth-order valence-corrected chi connectivity index (χ4v) is 4.28. The number of nitrogens with one attached hydrogen (secondary N) is 1. The van der Waals surface area contributed by atoms with E-state index in [4.69, 9.17) is 9.47 Å². The molecule has 3 rings (SSSR count). The Hall–Kier alpha value is -3.35. The largest absolute Gasteiger partial charge is 0.493 e. The summed E-state index contributed by atoms with van der Waals surface area (Å²) in [4.78, 5) is 24.2. The first kappa shape index (κ1) is 27.2. The van der Waals surface area contributed by atoms with Crippen molar-refractivity contribution in [3.05, 3.63) is 53.6 Å². The molecular formula is C23H22F5N3O4S. The van der Waals surface area contributed by atoms with E-state index in [2.05, 4.69) is 5.10 Å². The average molecular weight is 532 g/mol. The Morgan fingerprint density at radius 2 is 1.78 bits per heavy atom. The van der Waals surface area contributed by atoms with Crippen molar-refractivity contribution in [1.29, 1.82) is 0 Å². The number of rotatable bonds is 8. The van der Waals surface area contributed by atoms with Crippen molar-refractivity contribution < 1.29 is 41.0 Å². The first-order valence-electron chi connectivity index (χ1n) is 10.5. The summed E-state index contributed by atoms with van der Waals surface area (Å²) in [5.41, 5.74) is 1.36. The molecule has 36 heavy (non-hydrogen) atoms. The molecule has 194 valence electrons. The number of thioether (sulfide) groups is 1. The fourth-order valence-electron chi connectivity index (χ4n) is 3.35. The lowest BCUT2D eigenvalue weighted by Crippen LogP contribution is -2.47. The van der Waals surface area contributed by atoms with Gasteiger partial charge in [-0.1, -0.05) is 30.8 Å². The molecule has 0 bridgehead atoms. The van der Waals surface area contributed by atoms with E-state index in [9.17, 15) is 31.5 Å². The minimum Gasteiger partial charge on any atom is -0.493 e. The Kier molecular flexibility index (Phi) is 8.12. The van der Waals surface area contributed by atoms with Crippen molar-refractivity contribution in [2.45, 2.75) is 37.2 Å². The molecule has 1 aliphatic rings. The molecule has 2 aromatic carbocycles. The maximum atomic E-state index is 13.3. The molecule has 0 spiro atoms.